The van der Waals surface area contributed by atoms with Crippen molar-refractivity contribution in [2.24, 2.45) is 0 Å². The van der Waals surface area contributed by atoms with Crippen LogP contribution in [0.4, 0.5) is 4.39 Å². The van der Waals surface area contributed by atoms with Gasteiger partial charge in [0.1, 0.15) is 5.82 Å². The number of rotatable bonds is 8. The van der Waals surface area contributed by atoms with E-state index < -0.39 is 0 Å². The Kier molecular flexibility index (Phi) is 6.43. The Hall–Kier alpha value is -2.28. The first-order valence-corrected chi connectivity index (χ1v) is 8.02. The number of carbonyl (C=O) groups is 1. The number of halogens is 1. The highest BCUT2D eigenvalue weighted by atomic mass is 19.1. The van der Waals surface area contributed by atoms with E-state index in [1.807, 2.05) is 6.92 Å². The first-order valence-electron chi connectivity index (χ1n) is 8.02. The van der Waals surface area contributed by atoms with Crippen molar-refractivity contribution in [1.82, 2.24) is 15.5 Å². The molecule has 24 heavy (non-hydrogen) atoms. The number of aryl methyl sites for hydroxylation is 2. The second-order valence-corrected chi connectivity index (χ2v) is 5.66. The SMILES string of the molecule is CCC(CCO)NC(=O)CCc1nc(-c2ccc(F)c(C)c2)no1. The highest BCUT2D eigenvalue weighted by Gasteiger charge is 2.13. The van der Waals surface area contributed by atoms with Gasteiger partial charge in [0.15, 0.2) is 0 Å². The number of hydrogen-bond acceptors (Lipinski definition) is 5. The number of nitrogens with one attached hydrogen (secondary N) is 1. The number of aromatic nitrogens is 2. The topological polar surface area (TPSA) is 88.2 Å². The Morgan fingerprint density at radius 3 is 2.92 bits per heavy atom. The van der Waals surface area contributed by atoms with Crippen molar-refractivity contribution in [1.29, 1.82) is 0 Å². The number of nitrogens with zero attached hydrogens (tertiary/aromatic N) is 2. The van der Waals surface area contributed by atoms with Gasteiger partial charge in [-0.15, -0.1) is 0 Å². The standard InChI is InChI=1S/C17H22FN3O3/c1-3-13(8-9-22)19-15(23)6-7-16-20-17(21-24-16)12-4-5-14(18)11(2)10-12/h4-5,10,13,22H,3,6-9H2,1-2H3,(H,19,23). The van der Waals surface area contributed by atoms with E-state index >= 15 is 0 Å². The van der Waals surface area contributed by atoms with Crippen molar-refractivity contribution in [2.45, 2.75) is 45.6 Å². The molecule has 2 aromatic rings. The lowest BCUT2D eigenvalue weighted by molar-refractivity contribution is -0.122. The summed E-state index contributed by atoms with van der Waals surface area (Å²) in [4.78, 5) is 16.1. The van der Waals surface area contributed by atoms with E-state index in [1.54, 1.807) is 19.1 Å². The van der Waals surface area contributed by atoms with Gasteiger partial charge in [0.05, 0.1) is 0 Å². The van der Waals surface area contributed by atoms with Crippen LogP contribution < -0.4 is 5.32 Å². The molecule has 2 rings (SSSR count). The van der Waals surface area contributed by atoms with Gasteiger partial charge >= 0.3 is 0 Å². The van der Waals surface area contributed by atoms with Crippen LogP contribution in [0.25, 0.3) is 11.4 Å². The van der Waals surface area contributed by atoms with E-state index in [0.717, 1.165) is 6.42 Å². The first kappa shape index (κ1) is 18.1. The monoisotopic (exact) mass is 335 g/mol. The van der Waals surface area contributed by atoms with Crippen molar-refractivity contribution < 1.29 is 18.8 Å². The quantitative estimate of drug-likeness (QED) is 0.773. The summed E-state index contributed by atoms with van der Waals surface area (Å²) >= 11 is 0. The Balaban J connectivity index is 1.91. The molecule has 0 aliphatic heterocycles. The van der Waals surface area contributed by atoms with Crippen molar-refractivity contribution in [3.05, 3.63) is 35.5 Å². The number of benzene rings is 1. The molecule has 0 fully saturated rings. The minimum atomic E-state index is -0.285. The molecule has 0 bridgehead atoms. The number of carbonyl (C=O) groups excluding carboxylic acids is 1. The molecule has 7 heteroatoms. The number of amides is 1. The van der Waals surface area contributed by atoms with Crippen LogP contribution in [-0.4, -0.2) is 33.8 Å². The Morgan fingerprint density at radius 1 is 1.46 bits per heavy atom. The molecule has 2 N–H and O–H groups in total. The molecule has 0 saturated heterocycles. The first-order chi connectivity index (χ1) is 11.5. The summed E-state index contributed by atoms with van der Waals surface area (Å²) in [5.74, 6) is 0.331. The fourth-order valence-corrected chi connectivity index (χ4v) is 2.31. The number of aliphatic hydroxyl groups is 1. The highest BCUT2D eigenvalue weighted by molar-refractivity contribution is 5.76. The van der Waals surface area contributed by atoms with E-state index in [0.29, 0.717) is 35.7 Å². The smallest absolute Gasteiger partial charge is 0.227 e. The van der Waals surface area contributed by atoms with Gasteiger partial charge in [-0.2, -0.15) is 4.98 Å². The summed E-state index contributed by atoms with van der Waals surface area (Å²) in [5.41, 5.74) is 1.18. The number of aliphatic hydroxyl groups excluding tert-OH is 1. The zero-order valence-corrected chi connectivity index (χ0v) is 13.9. The third-order valence-electron chi connectivity index (χ3n) is 3.79. The molecule has 0 aliphatic rings. The van der Waals surface area contributed by atoms with Crippen LogP contribution in [0.1, 0.15) is 37.6 Å². The predicted octanol–water partition coefficient (Wildman–Crippen LogP) is 2.39. The van der Waals surface area contributed by atoms with Gasteiger partial charge < -0.3 is 14.9 Å². The van der Waals surface area contributed by atoms with Crippen LogP contribution in [0.2, 0.25) is 0 Å². The van der Waals surface area contributed by atoms with Gasteiger partial charge in [0.2, 0.25) is 17.6 Å². The van der Waals surface area contributed by atoms with Crippen molar-refractivity contribution in [3.8, 4) is 11.4 Å². The lowest BCUT2D eigenvalue weighted by Gasteiger charge is -2.15. The molecule has 1 heterocycles. The van der Waals surface area contributed by atoms with Gasteiger partial charge in [0.25, 0.3) is 0 Å². The zero-order valence-electron chi connectivity index (χ0n) is 13.9. The van der Waals surface area contributed by atoms with Crippen LogP contribution in [0.5, 0.6) is 0 Å². The van der Waals surface area contributed by atoms with Crippen molar-refractivity contribution in [3.63, 3.8) is 0 Å². The van der Waals surface area contributed by atoms with E-state index in [-0.39, 0.29) is 30.8 Å². The molecule has 1 aromatic heterocycles. The second-order valence-electron chi connectivity index (χ2n) is 5.66. The third kappa shape index (κ3) is 4.86. The molecule has 1 unspecified atom stereocenters. The lowest BCUT2D eigenvalue weighted by atomic mass is 10.1. The molecule has 1 amide bonds. The molecule has 0 aliphatic carbocycles. The van der Waals surface area contributed by atoms with Gasteiger partial charge in [-0.1, -0.05) is 12.1 Å². The molecule has 0 saturated carbocycles. The summed E-state index contributed by atoms with van der Waals surface area (Å²) in [6, 6.07) is 4.57. The summed E-state index contributed by atoms with van der Waals surface area (Å²) in [6.07, 6.45) is 1.86. The van der Waals surface area contributed by atoms with Gasteiger partial charge in [-0.05, 0) is 43.5 Å². The largest absolute Gasteiger partial charge is 0.396 e. The molecule has 0 radical (unpaired) electrons. The van der Waals surface area contributed by atoms with Crippen molar-refractivity contribution in [2.75, 3.05) is 6.61 Å². The summed E-state index contributed by atoms with van der Waals surface area (Å²) in [5, 5.41) is 15.7. The number of hydrogen-bond donors (Lipinski definition) is 2. The maximum atomic E-state index is 13.3. The van der Waals surface area contributed by atoms with Crippen LogP contribution in [0.3, 0.4) is 0 Å². The lowest BCUT2D eigenvalue weighted by Crippen LogP contribution is -2.35. The third-order valence-corrected chi connectivity index (χ3v) is 3.79. The molecule has 6 nitrogen and oxygen atoms in total. The molecule has 1 atom stereocenters. The Morgan fingerprint density at radius 2 is 2.25 bits per heavy atom. The van der Waals surface area contributed by atoms with Crippen LogP contribution in [0.15, 0.2) is 22.7 Å². The highest BCUT2D eigenvalue weighted by Crippen LogP contribution is 2.19. The summed E-state index contributed by atoms with van der Waals surface area (Å²) in [7, 11) is 0. The fraction of sp³-hybridized carbons (Fsp3) is 0.471. The Bertz CT molecular complexity index is 687. The second kappa shape index (κ2) is 8.54. The predicted molar refractivity (Wildman–Crippen MR) is 86.7 cm³/mol. The molecular formula is C17H22FN3O3. The summed E-state index contributed by atoms with van der Waals surface area (Å²) in [6.45, 7) is 3.67. The normalized spacial score (nSPS) is 12.2. The Labute approximate surface area is 140 Å². The zero-order chi connectivity index (χ0) is 17.5. The van der Waals surface area contributed by atoms with E-state index in [9.17, 15) is 9.18 Å². The van der Waals surface area contributed by atoms with Crippen LogP contribution in [-0.2, 0) is 11.2 Å². The molecule has 130 valence electrons. The fourth-order valence-electron chi connectivity index (χ4n) is 2.31. The van der Waals surface area contributed by atoms with Gasteiger partial charge in [0, 0.05) is 31.1 Å². The van der Waals surface area contributed by atoms with E-state index in [4.69, 9.17) is 9.63 Å². The van der Waals surface area contributed by atoms with Gasteiger partial charge in [-0.3, -0.25) is 4.79 Å². The molecule has 1 aromatic carbocycles. The average molecular weight is 335 g/mol. The maximum absolute atomic E-state index is 13.3. The van der Waals surface area contributed by atoms with E-state index in [1.165, 1.54) is 6.07 Å². The average Bonchev–Trinajstić information content (AvgIpc) is 3.04. The van der Waals surface area contributed by atoms with Crippen LogP contribution in [0, 0.1) is 12.7 Å². The van der Waals surface area contributed by atoms with Gasteiger partial charge in [-0.25, -0.2) is 4.39 Å². The molecular weight excluding hydrogens is 313 g/mol. The summed E-state index contributed by atoms with van der Waals surface area (Å²) < 4.78 is 18.4. The van der Waals surface area contributed by atoms with E-state index in [2.05, 4.69) is 15.5 Å². The molecule has 0 spiro atoms. The maximum Gasteiger partial charge on any atom is 0.227 e. The van der Waals surface area contributed by atoms with Crippen LogP contribution >= 0.6 is 0 Å². The van der Waals surface area contributed by atoms with Crippen molar-refractivity contribution >= 4 is 5.91 Å². The minimum absolute atomic E-state index is 0.0251. The minimum Gasteiger partial charge on any atom is -0.396 e.